The van der Waals surface area contributed by atoms with Gasteiger partial charge in [0.1, 0.15) is 0 Å². The third-order valence-corrected chi connectivity index (χ3v) is 9.09. The van der Waals surface area contributed by atoms with Crippen molar-refractivity contribution in [2.24, 2.45) is 0 Å². The van der Waals surface area contributed by atoms with E-state index in [2.05, 4.69) is 9.97 Å². The number of ether oxygens (including phenoxy) is 1. The first-order valence-corrected chi connectivity index (χ1v) is 16.3. The van der Waals surface area contributed by atoms with Crippen LogP contribution in [-0.4, -0.2) is 20.9 Å². The van der Waals surface area contributed by atoms with Crippen LogP contribution >= 0.6 is 0 Å². The van der Waals surface area contributed by atoms with Crippen molar-refractivity contribution in [2.45, 2.75) is 0 Å². The Morgan fingerprint density at radius 1 is 0.480 bits per heavy atom. The number of nitrogens with zero attached hydrogens (tertiary/aromatic N) is 2. The zero-order chi connectivity index (χ0) is 33.6. The lowest BCUT2D eigenvalue weighted by Gasteiger charge is -2.07. The van der Waals surface area contributed by atoms with Gasteiger partial charge in [-0.25, -0.2) is 9.78 Å². The van der Waals surface area contributed by atoms with Crippen LogP contribution in [0.15, 0.2) is 146 Å². The minimum Gasteiger partial charge on any atom is -0.618 e. The standard InChI is InChI=1S/C43H28N4O3/c48-43-41-39(29-17-9-3-10-18-29)33-23-21-31(44-33)37(27-13-5-1-6-14-27)35-25-26-36(47(35)49)38(28-15-7-2-8-16-28)32-22-24-34(45-32)40(42(46-41)50-43)30-19-11-4-12-20-30/h1-26,44-45H. The van der Waals surface area contributed by atoms with Crippen molar-refractivity contribution in [1.82, 2.24) is 15.0 Å². The molecule has 2 aliphatic heterocycles. The van der Waals surface area contributed by atoms with Crippen molar-refractivity contribution < 1.29 is 14.3 Å². The van der Waals surface area contributed by atoms with Gasteiger partial charge >= 0.3 is 5.97 Å². The Hall–Kier alpha value is -6.99. The molecule has 0 amide bonds. The molecule has 7 heteroatoms. The molecular weight excluding hydrogens is 620 g/mol. The van der Waals surface area contributed by atoms with Gasteiger partial charge in [-0.1, -0.05) is 121 Å². The predicted octanol–water partition coefficient (Wildman–Crippen LogP) is 9.61. The number of nitrogens with one attached hydrogen (secondary N) is 2. The summed E-state index contributed by atoms with van der Waals surface area (Å²) >= 11 is 0. The molecule has 0 saturated heterocycles. The number of rotatable bonds is 4. The van der Waals surface area contributed by atoms with Crippen LogP contribution in [0.5, 0.6) is 5.88 Å². The van der Waals surface area contributed by atoms with E-state index in [4.69, 9.17) is 9.72 Å². The number of benzene rings is 4. The fourth-order valence-corrected chi connectivity index (χ4v) is 6.85. The molecule has 7 nitrogen and oxygen atoms in total. The molecule has 0 radical (unpaired) electrons. The third-order valence-electron chi connectivity index (χ3n) is 9.09. The zero-order valence-corrected chi connectivity index (χ0v) is 26.6. The summed E-state index contributed by atoms with van der Waals surface area (Å²) < 4.78 is 7.05. The first-order valence-electron chi connectivity index (χ1n) is 16.3. The number of carbonyl (C=O) groups excluding carboxylic acids is 1. The lowest BCUT2D eigenvalue weighted by atomic mass is 10.0. The van der Waals surface area contributed by atoms with E-state index in [1.807, 2.05) is 158 Å². The molecule has 3 aromatic heterocycles. The second kappa shape index (κ2) is 11.9. The maximum Gasteiger partial charge on any atom is 0.364 e. The molecule has 0 unspecified atom stereocenters. The van der Waals surface area contributed by atoms with Crippen molar-refractivity contribution in [3.05, 3.63) is 168 Å². The van der Waals surface area contributed by atoms with E-state index in [0.717, 1.165) is 43.6 Å². The number of aromatic nitrogens is 4. The fourth-order valence-electron chi connectivity index (χ4n) is 6.85. The van der Waals surface area contributed by atoms with Crippen LogP contribution in [0.1, 0.15) is 21.9 Å². The van der Waals surface area contributed by atoms with Crippen LogP contribution in [0, 0.1) is 5.21 Å². The molecule has 7 aromatic rings. The van der Waals surface area contributed by atoms with Gasteiger partial charge in [0.15, 0.2) is 5.69 Å². The lowest BCUT2D eigenvalue weighted by Crippen LogP contribution is -2.31. The SMILES string of the molecule is O=C1Oc2nc1c(-c1ccccc1)c1ccc([nH]1)c(-c1ccccc1)c1[n+]([O-])c(c(-c3ccccc3)c3ccc([nH]3)c2-c2ccccc2)C=C1. The van der Waals surface area contributed by atoms with Gasteiger partial charge in [0, 0.05) is 23.2 Å². The summed E-state index contributed by atoms with van der Waals surface area (Å²) in [4.78, 5) is 26.0. The van der Waals surface area contributed by atoms with Crippen LogP contribution in [0.4, 0.5) is 0 Å². The average molecular weight is 649 g/mol. The van der Waals surface area contributed by atoms with Crippen LogP contribution in [0.25, 0.3) is 78.7 Å². The molecule has 2 aliphatic rings. The van der Waals surface area contributed by atoms with E-state index < -0.39 is 5.97 Å². The van der Waals surface area contributed by atoms with Crippen LogP contribution in [0.3, 0.4) is 0 Å². The van der Waals surface area contributed by atoms with E-state index in [0.29, 0.717) is 39.1 Å². The van der Waals surface area contributed by atoms with E-state index in [9.17, 15) is 10.0 Å². The Kier molecular flexibility index (Phi) is 6.95. The van der Waals surface area contributed by atoms with Crippen molar-refractivity contribution in [1.29, 1.82) is 0 Å². The van der Waals surface area contributed by atoms with Crippen molar-refractivity contribution in [2.75, 3.05) is 0 Å². The third kappa shape index (κ3) is 4.88. The molecule has 5 heterocycles. The summed E-state index contributed by atoms with van der Waals surface area (Å²) in [7, 11) is 0. The molecule has 4 aromatic carbocycles. The zero-order valence-electron chi connectivity index (χ0n) is 26.6. The minimum atomic E-state index is -0.555. The van der Waals surface area contributed by atoms with E-state index in [-0.39, 0.29) is 11.6 Å². The maximum atomic E-state index is 14.6. The van der Waals surface area contributed by atoms with Gasteiger partial charge in [0.2, 0.25) is 17.3 Å². The first kappa shape index (κ1) is 29.2. The highest BCUT2D eigenvalue weighted by Crippen LogP contribution is 2.39. The number of aromatic amines is 2. The molecule has 0 spiro atoms. The predicted molar refractivity (Wildman–Crippen MR) is 198 cm³/mol. The monoisotopic (exact) mass is 648 g/mol. The summed E-state index contributed by atoms with van der Waals surface area (Å²) in [6.45, 7) is 0. The minimum absolute atomic E-state index is 0.180. The fraction of sp³-hybridized carbons (Fsp3) is 0. The number of esters is 1. The highest BCUT2D eigenvalue weighted by Gasteiger charge is 2.29. The topological polar surface area (TPSA) is 97.7 Å². The van der Waals surface area contributed by atoms with E-state index in [1.54, 1.807) is 0 Å². The van der Waals surface area contributed by atoms with Gasteiger partial charge in [-0.3, -0.25) is 0 Å². The number of H-pyrrole nitrogens is 2. The largest absolute Gasteiger partial charge is 0.618 e. The van der Waals surface area contributed by atoms with Crippen LogP contribution < -0.4 is 9.47 Å². The number of hydrogen-bond donors (Lipinski definition) is 2. The Bertz CT molecular complexity index is 2630. The average Bonchev–Trinajstić information content (AvgIpc) is 3.98. The van der Waals surface area contributed by atoms with Gasteiger partial charge in [0.25, 0.3) is 0 Å². The molecule has 9 rings (SSSR count). The normalized spacial score (nSPS) is 12.2. The highest BCUT2D eigenvalue weighted by molar-refractivity contribution is 6.04. The second-order valence-corrected chi connectivity index (χ2v) is 12.1. The van der Waals surface area contributed by atoms with Gasteiger partial charge in [-0.15, -0.1) is 0 Å². The molecule has 0 atom stereocenters. The highest BCUT2D eigenvalue weighted by atomic mass is 16.5. The molecule has 0 fully saturated rings. The Morgan fingerprint density at radius 3 is 1.28 bits per heavy atom. The summed E-state index contributed by atoms with van der Waals surface area (Å²) in [6, 6.07) is 46.8. The second-order valence-electron chi connectivity index (χ2n) is 12.1. The molecule has 50 heavy (non-hydrogen) atoms. The summed E-state index contributed by atoms with van der Waals surface area (Å²) in [6.07, 6.45) is 3.75. The van der Waals surface area contributed by atoms with Gasteiger partial charge < -0.3 is 19.9 Å². The van der Waals surface area contributed by atoms with Crippen LogP contribution in [-0.2, 0) is 0 Å². The molecule has 2 N–H and O–H groups in total. The summed E-state index contributed by atoms with van der Waals surface area (Å²) in [5.74, 6) is -0.370. The maximum absolute atomic E-state index is 14.6. The van der Waals surface area contributed by atoms with Crippen molar-refractivity contribution in [3.63, 3.8) is 0 Å². The van der Waals surface area contributed by atoms with Gasteiger partial charge in [0.05, 0.1) is 33.2 Å². The number of hydrogen-bond acceptors (Lipinski definition) is 4. The summed E-state index contributed by atoms with van der Waals surface area (Å²) in [5, 5.41) is 14.6. The molecule has 238 valence electrons. The Morgan fingerprint density at radius 2 is 0.840 bits per heavy atom. The Balaban J connectivity index is 1.52. The van der Waals surface area contributed by atoms with E-state index in [1.165, 1.54) is 0 Å². The molecule has 8 bridgehead atoms. The van der Waals surface area contributed by atoms with E-state index >= 15 is 0 Å². The Labute approximate surface area is 287 Å². The smallest absolute Gasteiger partial charge is 0.364 e. The first-order chi connectivity index (χ1) is 24.6. The van der Waals surface area contributed by atoms with Crippen molar-refractivity contribution >= 4 is 40.2 Å². The molecule has 0 saturated carbocycles. The van der Waals surface area contributed by atoms with Gasteiger partial charge in [-0.2, -0.15) is 4.73 Å². The lowest BCUT2D eigenvalue weighted by molar-refractivity contribution is -0.605. The summed E-state index contributed by atoms with van der Waals surface area (Å²) in [5.41, 5.74) is 9.95. The molecular formula is C43H28N4O3. The number of carbonyl (C=O) groups is 1. The van der Waals surface area contributed by atoms with Crippen LogP contribution in [0.2, 0.25) is 0 Å². The van der Waals surface area contributed by atoms with Crippen molar-refractivity contribution in [3.8, 4) is 50.4 Å². The molecule has 0 aliphatic carbocycles. The quantitative estimate of drug-likeness (QED) is 0.113. The number of fused-ring (bicyclic) bond motifs is 8. The van der Waals surface area contributed by atoms with Gasteiger partial charge in [-0.05, 0) is 46.5 Å².